The summed E-state index contributed by atoms with van der Waals surface area (Å²) in [5.41, 5.74) is 27.5. The summed E-state index contributed by atoms with van der Waals surface area (Å²) in [5.74, 6) is 0. The molecule has 0 amide bonds. The van der Waals surface area contributed by atoms with Gasteiger partial charge in [0.05, 0.1) is 11.4 Å². The van der Waals surface area contributed by atoms with Gasteiger partial charge in [0.15, 0.2) is 0 Å². The Balaban J connectivity index is 1.24. The Hall–Kier alpha value is -5.08. The molecule has 0 bridgehead atoms. The van der Waals surface area contributed by atoms with E-state index in [2.05, 4.69) is 162 Å². The van der Waals surface area contributed by atoms with E-state index in [1.165, 1.54) is 138 Å². The number of hydrogen-bond acceptors (Lipinski definition) is 2. The summed E-state index contributed by atoms with van der Waals surface area (Å²) in [5, 5.41) is 0. The number of rotatable bonds is 12. The Morgan fingerprint density at radius 3 is 0.982 bits per heavy atom. The molecule has 0 unspecified atom stereocenters. The molecule has 0 aromatic heterocycles. The molecule has 286 valence electrons. The number of anilines is 6. The van der Waals surface area contributed by atoms with Gasteiger partial charge in [0.1, 0.15) is 0 Å². The third-order valence-electron chi connectivity index (χ3n) is 12.4. The maximum Gasteiger partial charge on any atom is 0.0520 e. The standard InChI is InChI=1S/C54H60N2/c1-9-11-13-41-27-37(5)53(38(6)28-41)55(47-23-15-35(3)16-24-47)49-31-43-19-21-45-33-50(34-46-22-20-44(32-49)51(43)52(45)46)56(48-25-17-36(4)18-26-48)54-39(7)29-42(14-12-10-2)30-40(54)8/h15-18,23-34H,9-14,19-22H2,1-8H3. The van der Waals surface area contributed by atoms with Crippen LogP contribution in [-0.2, 0) is 38.5 Å². The Morgan fingerprint density at radius 1 is 0.393 bits per heavy atom. The lowest BCUT2D eigenvalue weighted by Crippen LogP contribution is -2.19. The molecule has 0 radical (unpaired) electrons. The van der Waals surface area contributed by atoms with Crippen LogP contribution in [0.5, 0.6) is 0 Å². The molecule has 0 spiro atoms. The van der Waals surface area contributed by atoms with Gasteiger partial charge in [0.2, 0.25) is 0 Å². The van der Waals surface area contributed by atoms with E-state index in [1.54, 1.807) is 0 Å². The van der Waals surface area contributed by atoms with Gasteiger partial charge in [-0.1, -0.05) is 86.3 Å². The molecule has 2 nitrogen and oxygen atoms in total. The molecule has 0 saturated heterocycles. The largest absolute Gasteiger partial charge is 0.310 e. The normalized spacial score (nSPS) is 12.8. The number of benzene rings is 6. The van der Waals surface area contributed by atoms with Crippen LogP contribution in [0.4, 0.5) is 34.1 Å². The predicted octanol–water partition coefficient (Wildman–Crippen LogP) is 15.0. The lowest BCUT2D eigenvalue weighted by Gasteiger charge is -2.36. The molecule has 2 heteroatoms. The molecule has 2 aliphatic carbocycles. The summed E-state index contributed by atoms with van der Waals surface area (Å²) in [6.07, 6.45) is 11.4. The van der Waals surface area contributed by atoms with Crippen molar-refractivity contribution in [3.63, 3.8) is 0 Å². The molecule has 8 rings (SSSR count). The van der Waals surface area contributed by atoms with Crippen molar-refractivity contribution in [2.75, 3.05) is 9.80 Å². The van der Waals surface area contributed by atoms with Crippen LogP contribution in [-0.4, -0.2) is 0 Å². The minimum atomic E-state index is 1.05. The van der Waals surface area contributed by atoms with Crippen molar-refractivity contribution < 1.29 is 0 Å². The highest BCUT2D eigenvalue weighted by atomic mass is 15.2. The SMILES string of the molecule is CCCCc1cc(C)c(N(c2ccc(C)cc2)c2cc3c4c(c2)CCc2cc(N(c5ccc(C)cc5)c5c(C)cc(CCCC)cc5C)cc(c2-4)CC3)c(C)c1. The van der Waals surface area contributed by atoms with Crippen molar-refractivity contribution in [2.45, 2.75) is 120 Å². The summed E-state index contributed by atoms with van der Waals surface area (Å²) in [6, 6.07) is 38.1. The van der Waals surface area contributed by atoms with Crippen molar-refractivity contribution in [1.82, 2.24) is 0 Å². The fourth-order valence-electron chi connectivity index (χ4n) is 9.78. The first kappa shape index (κ1) is 37.8. The van der Waals surface area contributed by atoms with Crippen LogP contribution >= 0.6 is 0 Å². The van der Waals surface area contributed by atoms with Crippen LogP contribution in [0.3, 0.4) is 0 Å². The zero-order valence-corrected chi connectivity index (χ0v) is 35.2. The van der Waals surface area contributed by atoms with Crippen LogP contribution in [0.1, 0.15) is 106 Å². The third-order valence-corrected chi connectivity index (χ3v) is 12.4. The second-order valence-electron chi connectivity index (χ2n) is 17.0. The molecule has 0 atom stereocenters. The molecule has 6 aromatic rings. The van der Waals surface area contributed by atoms with Crippen LogP contribution in [0, 0.1) is 41.5 Å². The highest BCUT2D eigenvalue weighted by molar-refractivity contribution is 5.90. The average Bonchev–Trinajstić information content (AvgIpc) is 3.18. The van der Waals surface area contributed by atoms with Gasteiger partial charge in [-0.25, -0.2) is 0 Å². The Bertz CT molecular complexity index is 2130. The van der Waals surface area contributed by atoms with E-state index < -0.39 is 0 Å². The highest BCUT2D eigenvalue weighted by Gasteiger charge is 2.30. The van der Waals surface area contributed by atoms with Gasteiger partial charge in [-0.05, 0) is 208 Å². The van der Waals surface area contributed by atoms with E-state index in [0.29, 0.717) is 0 Å². The summed E-state index contributed by atoms with van der Waals surface area (Å²) < 4.78 is 0. The minimum absolute atomic E-state index is 1.05. The Labute approximate surface area is 337 Å². The second kappa shape index (κ2) is 15.8. The van der Waals surface area contributed by atoms with E-state index in [4.69, 9.17) is 0 Å². The van der Waals surface area contributed by atoms with Gasteiger partial charge < -0.3 is 9.80 Å². The molecule has 56 heavy (non-hydrogen) atoms. The lowest BCUT2D eigenvalue weighted by molar-refractivity contribution is 0.794. The molecule has 2 aliphatic rings. The number of unbranched alkanes of at least 4 members (excludes halogenated alkanes) is 2. The first-order chi connectivity index (χ1) is 27.1. The fourth-order valence-corrected chi connectivity index (χ4v) is 9.78. The van der Waals surface area contributed by atoms with Gasteiger partial charge in [-0.3, -0.25) is 0 Å². The minimum Gasteiger partial charge on any atom is -0.310 e. The van der Waals surface area contributed by atoms with E-state index in [1.807, 2.05) is 0 Å². The quantitative estimate of drug-likeness (QED) is 0.123. The zero-order valence-electron chi connectivity index (χ0n) is 35.2. The Kier molecular flexibility index (Phi) is 10.7. The lowest BCUT2D eigenvalue weighted by atomic mass is 9.75. The average molecular weight is 737 g/mol. The fraction of sp³-hybridized carbons (Fsp3) is 0.333. The van der Waals surface area contributed by atoms with Crippen molar-refractivity contribution >= 4 is 34.1 Å². The number of aryl methyl sites for hydroxylation is 12. The molecule has 0 N–H and O–H groups in total. The first-order valence-corrected chi connectivity index (χ1v) is 21.4. The molecular formula is C54H60N2. The predicted molar refractivity (Wildman–Crippen MR) is 242 cm³/mol. The van der Waals surface area contributed by atoms with E-state index >= 15 is 0 Å². The molecular weight excluding hydrogens is 677 g/mol. The van der Waals surface area contributed by atoms with E-state index in [0.717, 1.165) is 38.5 Å². The third kappa shape index (κ3) is 7.20. The molecule has 6 aromatic carbocycles. The molecule has 0 fully saturated rings. The first-order valence-electron chi connectivity index (χ1n) is 21.4. The van der Waals surface area contributed by atoms with E-state index in [-0.39, 0.29) is 0 Å². The highest BCUT2D eigenvalue weighted by Crippen LogP contribution is 2.50. The molecule has 0 saturated carbocycles. The summed E-state index contributed by atoms with van der Waals surface area (Å²) in [7, 11) is 0. The number of hydrogen-bond donors (Lipinski definition) is 0. The van der Waals surface area contributed by atoms with Gasteiger partial charge in [0, 0.05) is 22.7 Å². The zero-order chi connectivity index (χ0) is 39.1. The van der Waals surface area contributed by atoms with Gasteiger partial charge in [-0.2, -0.15) is 0 Å². The molecule has 0 aliphatic heterocycles. The van der Waals surface area contributed by atoms with Gasteiger partial charge >= 0.3 is 0 Å². The summed E-state index contributed by atoms with van der Waals surface area (Å²) in [4.78, 5) is 5.10. The smallest absolute Gasteiger partial charge is 0.0520 e. The van der Waals surface area contributed by atoms with Crippen LogP contribution < -0.4 is 9.80 Å². The van der Waals surface area contributed by atoms with Crippen molar-refractivity contribution in [1.29, 1.82) is 0 Å². The van der Waals surface area contributed by atoms with Crippen LogP contribution in [0.25, 0.3) is 11.1 Å². The molecule has 0 heterocycles. The van der Waals surface area contributed by atoms with Crippen molar-refractivity contribution in [2.24, 2.45) is 0 Å². The Morgan fingerprint density at radius 2 is 0.696 bits per heavy atom. The maximum atomic E-state index is 2.55. The monoisotopic (exact) mass is 736 g/mol. The summed E-state index contributed by atoms with van der Waals surface area (Å²) in [6.45, 7) is 18.2. The van der Waals surface area contributed by atoms with E-state index in [9.17, 15) is 0 Å². The number of nitrogens with zero attached hydrogens (tertiary/aromatic N) is 2. The van der Waals surface area contributed by atoms with Gasteiger partial charge in [-0.15, -0.1) is 0 Å². The van der Waals surface area contributed by atoms with Crippen molar-refractivity contribution in [3.05, 3.63) is 164 Å². The maximum absolute atomic E-state index is 2.55. The van der Waals surface area contributed by atoms with Crippen LogP contribution in [0.15, 0.2) is 97.1 Å². The van der Waals surface area contributed by atoms with Gasteiger partial charge in [0.25, 0.3) is 0 Å². The topological polar surface area (TPSA) is 6.48 Å². The van der Waals surface area contributed by atoms with Crippen molar-refractivity contribution in [3.8, 4) is 11.1 Å². The summed E-state index contributed by atoms with van der Waals surface area (Å²) >= 11 is 0. The second-order valence-corrected chi connectivity index (χ2v) is 17.0. The van der Waals surface area contributed by atoms with Crippen LogP contribution in [0.2, 0.25) is 0 Å².